The molecule has 3 N–H and O–H groups in total. The predicted octanol–water partition coefficient (Wildman–Crippen LogP) is -0.355. The summed E-state index contributed by atoms with van der Waals surface area (Å²) in [6, 6.07) is 1.39. The van der Waals surface area contributed by atoms with E-state index in [2.05, 4.69) is 9.72 Å². The second-order valence-corrected chi connectivity index (χ2v) is 3.52. The number of aliphatic hydroxyl groups is 3. The van der Waals surface area contributed by atoms with E-state index < -0.39 is 18.2 Å². The second kappa shape index (κ2) is 6.29. The molecular weight excluding hydrogens is 226 g/mol. The van der Waals surface area contributed by atoms with Gasteiger partial charge in [-0.15, -0.1) is 0 Å². The average Bonchev–Trinajstić information content (AvgIpc) is 2.37. The molecule has 0 saturated carbocycles. The van der Waals surface area contributed by atoms with E-state index in [-0.39, 0.29) is 18.6 Å². The van der Waals surface area contributed by atoms with Gasteiger partial charge in [0.05, 0.1) is 18.8 Å². The summed E-state index contributed by atoms with van der Waals surface area (Å²) in [5, 5.41) is 27.9. The van der Waals surface area contributed by atoms with E-state index in [9.17, 15) is 15.0 Å². The normalized spacial score (nSPS) is 14.1. The van der Waals surface area contributed by atoms with Gasteiger partial charge in [0.25, 0.3) is 0 Å². The van der Waals surface area contributed by atoms with Crippen LogP contribution in [0.5, 0.6) is 0 Å². The Morgan fingerprint density at radius 1 is 1.47 bits per heavy atom. The monoisotopic (exact) mass is 241 g/mol. The first-order valence-electron chi connectivity index (χ1n) is 5.10. The first kappa shape index (κ1) is 13.6. The fraction of sp³-hybridized carbons (Fsp3) is 0.455. The van der Waals surface area contributed by atoms with Gasteiger partial charge in [-0.25, -0.2) is 4.79 Å². The molecule has 6 heteroatoms. The van der Waals surface area contributed by atoms with Gasteiger partial charge in [-0.3, -0.25) is 4.98 Å². The summed E-state index contributed by atoms with van der Waals surface area (Å²) in [7, 11) is 1.24. The quantitative estimate of drug-likeness (QED) is 0.609. The van der Waals surface area contributed by atoms with Crippen LogP contribution in [0, 0.1) is 0 Å². The fourth-order valence-corrected chi connectivity index (χ4v) is 1.36. The van der Waals surface area contributed by atoms with Crippen LogP contribution in [0.4, 0.5) is 0 Å². The fourth-order valence-electron chi connectivity index (χ4n) is 1.36. The number of aliphatic hydroxyl groups excluding tert-OH is 3. The largest absolute Gasteiger partial charge is 0.465 e. The van der Waals surface area contributed by atoms with Crippen LogP contribution < -0.4 is 0 Å². The van der Waals surface area contributed by atoms with Crippen LogP contribution in [0.25, 0.3) is 0 Å². The summed E-state index contributed by atoms with van der Waals surface area (Å²) in [5.74, 6) is -0.566. The maximum Gasteiger partial charge on any atom is 0.339 e. The molecule has 0 aliphatic carbocycles. The summed E-state index contributed by atoms with van der Waals surface area (Å²) in [6.07, 6.45) is 0.399. The zero-order valence-electron chi connectivity index (χ0n) is 9.41. The number of carbonyl (C=O) groups is 1. The highest BCUT2D eigenvalue weighted by Gasteiger charge is 2.19. The highest BCUT2D eigenvalue weighted by Crippen LogP contribution is 2.19. The number of pyridine rings is 1. The summed E-state index contributed by atoms with van der Waals surface area (Å²) in [5.41, 5.74) is 0.495. The Balaban J connectivity index is 2.87. The van der Waals surface area contributed by atoms with Crippen LogP contribution in [0.3, 0.4) is 0 Å². The lowest BCUT2D eigenvalue weighted by molar-refractivity contribution is 0.00395. The van der Waals surface area contributed by atoms with Crippen LogP contribution in [0.2, 0.25) is 0 Å². The highest BCUT2D eigenvalue weighted by atomic mass is 16.5. The highest BCUT2D eigenvalue weighted by molar-refractivity contribution is 5.89. The molecule has 2 atom stereocenters. The lowest BCUT2D eigenvalue weighted by atomic mass is 10.0. The van der Waals surface area contributed by atoms with Crippen molar-refractivity contribution in [2.24, 2.45) is 0 Å². The van der Waals surface area contributed by atoms with Crippen molar-refractivity contribution in [3.63, 3.8) is 0 Å². The van der Waals surface area contributed by atoms with Crippen molar-refractivity contribution >= 4 is 5.97 Å². The molecule has 2 unspecified atom stereocenters. The van der Waals surface area contributed by atoms with E-state index >= 15 is 0 Å². The van der Waals surface area contributed by atoms with E-state index in [1.165, 1.54) is 25.6 Å². The molecule has 0 aliphatic rings. The lowest BCUT2D eigenvalue weighted by Gasteiger charge is -2.17. The summed E-state index contributed by atoms with van der Waals surface area (Å²) >= 11 is 0. The third-order valence-corrected chi connectivity index (χ3v) is 2.31. The van der Waals surface area contributed by atoms with Gasteiger partial charge < -0.3 is 20.1 Å². The Kier molecular flexibility index (Phi) is 5.02. The van der Waals surface area contributed by atoms with Crippen LogP contribution in [-0.4, -0.2) is 46.1 Å². The lowest BCUT2D eigenvalue weighted by Crippen LogP contribution is -2.20. The minimum atomic E-state index is -1.20. The SMILES string of the molecule is COC(=O)c1cncc(C(O)C(O)CCO)c1. The number of ether oxygens (including phenoxy) is 1. The zero-order chi connectivity index (χ0) is 12.8. The molecule has 0 aromatic carbocycles. The Hall–Kier alpha value is -1.50. The van der Waals surface area contributed by atoms with Crippen LogP contribution in [-0.2, 0) is 4.74 Å². The van der Waals surface area contributed by atoms with E-state index in [1.54, 1.807) is 0 Å². The molecule has 0 bridgehead atoms. The summed E-state index contributed by atoms with van der Waals surface area (Å²) in [6.45, 7) is -0.234. The number of methoxy groups -OCH3 is 1. The number of rotatable bonds is 5. The predicted molar refractivity (Wildman–Crippen MR) is 58.2 cm³/mol. The van der Waals surface area contributed by atoms with Gasteiger partial charge in [0.2, 0.25) is 0 Å². The number of aromatic nitrogens is 1. The maximum absolute atomic E-state index is 11.2. The van der Waals surface area contributed by atoms with Gasteiger partial charge in [0.15, 0.2) is 0 Å². The van der Waals surface area contributed by atoms with Crippen molar-refractivity contribution in [3.8, 4) is 0 Å². The van der Waals surface area contributed by atoms with E-state index in [1.807, 2.05) is 0 Å². The number of carbonyl (C=O) groups excluding carboxylic acids is 1. The molecule has 0 aliphatic heterocycles. The Bertz CT molecular complexity index is 382. The maximum atomic E-state index is 11.2. The minimum absolute atomic E-state index is 0.0453. The summed E-state index contributed by atoms with van der Waals surface area (Å²) in [4.78, 5) is 15.0. The average molecular weight is 241 g/mol. The molecule has 0 radical (unpaired) electrons. The Morgan fingerprint density at radius 3 is 2.76 bits per heavy atom. The summed E-state index contributed by atoms with van der Waals surface area (Å²) < 4.78 is 4.52. The number of hydrogen-bond acceptors (Lipinski definition) is 6. The molecule has 0 fully saturated rings. The molecule has 6 nitrogen and oxygen atoms in total. The van der Waals surface area contributed by atoms with Crippen LogP contribution >= 0.6 is 0 Å². The molecule has 1 rings (SSSR count). The van der Waals surface area contributed by atoms with E-state index in [4.69, 9.17) is 5.11 Å². The third-order valence-electron chi connectivity index (χ3n) is 2.31. The van der Waals surface area contributed by atoms with E-state index in [0.717, 1.165) is 0 Å². The molecule has 94 valence electrons. The smallest absolute Gasteiger partial charge is 0.339 e. The third kappa shape index (κ3) is 3.48. The van der Waals surface area contributed by atoms with Crippen molar-refractivity contribution in [3.05, 3.63) is 29.6 Å². The number of hydrogen-bond donors (Lipinski definition) is 3. The van der Waals surface area contributed by atoms with Gasteiger partial charge in [0, 0.05) is 24.6 Å². The molecule has 1 aromatic heterocycles. The first-order valence-corrected chi connectivity index (χ1v) is 5.10. The number of nitrogens with zero attached hydrogens (tertiary/aromatic N) is 1. The van der Waals surface area contributed by atoms with Gasteiger partial charge in [0.1, 0.15) is 6.10 Å². The molecule has 1 aromatic rings. The molecule has 0 amide bonds. The van der Waals surface area contributed by atoms with Crippen LogP contribution in [0.15, 0.2) is 18.5 Å². The van der Waals surface area contributed by atoms with E-state index in [0.29, 0.717) is 5.56 Å². The van der Waals surface area contributed by atoms with Gasteiger partial charge in [-0.1, -0.05) is 0 Å². The van der Waals surface area contributed by atoms with Gasteiger partial charge >= 0.3 is 5.97 Å². The second-order valence-electron chi connectivity index (χ2n) is 3.52. The molecule has 17 heavy (non-hydrogen) atoms. The molecular formula is C11H15NO5. The van der Waals surface area contributed by atoms with Crippen molar-refractivity contribution in [2.45, 2.75) is 18.6 Å². The molecule has 0 spiro atoms. The minimum Gasteiger partial charge on any atom is -0.465 e. The molecule has 1 heterocycles. The first-order chi connectivity index (χ1) is 8.10. The Labute approximate surface area is 98.5 Å². The van der Waals surface area contributed by atoms with Crippen molar-refractivity contribution in [2.75, 3.05) is 13.7 Å². The topological polar surface area (TPSA) is 99.9 Å². The Morgan fingerprint density at radius 2 is 2.18 bits per heavy atom. The van der Waals surface area contributed by atoms with Gasteiger partial charge in [-0.05, 0) is 12.5 Å². The number of esters is 1. The van der Waals surface area contributed by atoms with Gasteiger partial charge in [-0.2, -0.15) is 0 Å². The zero-order valence-corrected chi connectivity index (χ0v) is 9.41. The van der Waals surface area contributed by atoms with Crippen molar-refractivity contribution in [1.82, 2.24) is 4.98 Å². The standard InChI is InChI=1S/C11H15NO5/c1-17-11(16)8-4-7(5-12-6-8)10(15)9(14)2-3-13/h4-6,9-10,13-15H,2-3H2,1H3. The molecule has 0 saturated heterocycles. The van der Waals surface area contributed by atoms with Crippen LogP contribution in [0.1, 0.15) is 28.4 Å². The van der Waals surface area contributed by atoms with Crippen molar-refractivity contribution in [1.29, 1.82) is 0 Å². The van der Waals surface area contributed by atoms with Crippen molar-refractivity contribution < 1.29 is 24.9 Å².